The van der Waals surface area contributed by atoms with Crippen LogP contribution in [-0.2, 0) is 9.53 Å². The highest BCUT2D eigenvalue weighted by molar-refractivity contribution is 5.99. The summed E-state index contributed by atoms with van der Waals surface area (Å²) in [6.45, 7) is 3.63. The molecule has 0 aliphatic carbocycles. The third-order valence-electron chi connectivity index (χ3n) is 3.06. The average Bonchev–Trinajstić information content (AvgIpc) is 2.68. The van der Waals surface area contributed by atoms with Crippen molar-refractivity contribution in [1.29, 1.82) is 0 Å². The highest BCUT2D eigenvalue weighted by atomic mass is 16.5. The first kappa shape index (κ1) is 14.3. The molecule has 0 spiro atoms. The molecule has 0 bridgehead atoms. The molecule has 0 radical (unpaired) electrons. The molecule has 6 nitrogen and oxygen atoms in total. The van der Waals surface area contributed by atoms with Gasteiger partial charge in [-0.25, -0.2) is 0 Å². The molecule has 1 heterocycles. The highest BCUT2D eigenvalue weighted by Gasteiger charge is 2.20. The summed E-state index contributed by atoms with van der Waals surface area (Å²) in [7, 11) is 0. The monoisotopic (exact) mass is 278 g/mol. The Kier molecular flexibility index (Phi) is 4.57. The quantitative estimate of drug-likeness (QED) is 0.797. The van der Waals surface area contributed by atoms with E-state index in [-0.39, 0.29) is 23.1 Å². The van der Waals surface area contributed by atoms with Crippen molar-refractivity contribution in [2.24, 2.45) is 0 Å². The van der Waals surface area contributed by atoms with Gasteiger partial charge in [0.05, 0.1) is 12.2 Å². The summed E-state index contributed by atoms with van der Waals surface area (Å²) in [5, 5.41) is 12.4. The first-order chi connectivity index (χ1) is 9.58. The van der Waals surface area contributed by atoms with E-state index in [1.165, 1.54) is 19.1 Å². The van der Waals surface area contributed by atoms with Gasteiger partial charge in [0, 0.05) is 32.3 Å². The van der Waals surface area contributed by atoms with Gasteiger partial charge in [0.25, 0.3) is 5.91 Å². The normalized spacial score (nSPS) is 15.6. The van der Waals surface area contributed by atoms with Gasteiger partial charge >= 0.3 is 0 Å². The minimum Gasteiger partial charge on any atom is -0.507 e. The van der Waals surface area contributed by atoms with E-state index < -0.39 is 0 Å². The Bertz CT molecular complexity index is 508. The Morgan fingerprint density at radius 2 is 2.10 bits per heavy atom. The first-order valence-corrected chi connectivity index (χ1v) is 6.55. The van der Waals surface area contributed by atoms with E-state index in [0.29, 0.717) is 32.0 Å². The Morgan fingerprint density at radius 1 is 1.30 bits per heavy atom. The van der Waals surface area contributed by atoms with Crippen molar-refractivity contribution in [3.8, 4) is 5.75 Å². The fraction of sp³-hybridized carbons (Fsp3) is 0.429. The zero-order valence-corrected chi connectivity index (χ0v) is 11.4. The number of phenolic OH excluding ortho intramolecular Hbond substituents is 1. The number of carbonyl (C=O) groups is 2. The SMILES string of the molecule is CC(=O)Nc1ccc(O)c(C(=O)N2CCCOCC2)c1. The van der Waals surface area contributed by atoms with Crippen molar-refractivity contribution in [3.63, 3.8) is 0 Å². The lowest BCUT2D eigenvalue weighted by molar-refractivity contribution is -0.114. The number of nitrogens with zero attached hydrogens (tertiary/aromatic N) is 1. The lowest BCUT2D eigenvalue weighted by atomic mass is 10.1. The van der Waals surface area contributed by atoms with Gasteiger partial charge in [-0.1, -0.05) is 0 Å². The second kappa shape index (κ2) is 6.38. The molecule has 1 aromatic carbocycles. The zero-order valence-electron chi connectivity index (χ0n) is 11.4. The van der Waals surface area contributed by atoms with Crippen molar-refractivity contribution in [2.75, 3.05) is 31.6 Å². The number of amides is 2. The van der Waals surface area contributed by atoms with E-state index in [9.17, 15) is 14.7 Å². The molecule has 6 heteroatoms. The van der Waals surface area contributed by atoms with Gasteiger partial charge < -0.3 is 20.1 Å². The largest absolute Gasteiger partial charge is 0.507 e. The fourth-order valence-electron chi connectivity index (χ4n) is 2.11. The van der Waals surface area contributed by atoms with Crippen molar-refractivity contribution in [3.05, 3.63) is 23.8 Å². The van der Waals surface area contributed by atoms with Crippen molar-refractivity contribution in [2.45, 2.75) is 13.3 Å². The van der Waals surface area contributed by atoms with Crippen LogP contribution in [0.2, 0.25) is 0 Å². The second-order valence-corrected chi connectivity index (χ2v) is 4.67. The maximum absolute atomic E-state index is 12.4. The lowest BCUT2D eigenvalue weighted by Gasteiger charge is -2.20. The maximum Gasteiger partial charge on any atom is 0.257 e. The third-order valence-corrected chi connectivity index (χ3v) is 3.06. The maximum atomic E-state index is 12.4. The standard InChI is InChI=1S/C14H18N2O4/c1-10(17)15-11-3-4-13(18)12(9-11)14(19)16-5-2-7-20-8-6-16/h3-4,9,18H,2,5-8H2,1H3,(H,15,17). The van der Waals surface area contributed by atoms with E-state index in [1.54, 1.807) is 11.0 Å². The molecular formula is C14H18N2O4. The summed E-state index contributed by atoms with van der Waals surface area (Å²) in [5.41, 5.74) is 0.683. The van der Waals surface area contributed by atoms with E-state index in [1.807, 2.05) is 0 Å². The predicted octanol–water partition coefficient (Wildman–Crippen LogP) is 1.21. The Morgan fingerprint density at radius 3 is 2.85 bits per heavy atom. The fourth-order valence-corrected chi connectivity index (χ4v) is 2.11. The number of rotatable bonds is 2. The van der Waals surface area contributed by atoms with Crippen LogP contribution in [0.3, 0.4) is 0 Å². The van der Waals surface area contributed by atoms with Crippen molar-refractivity contribution < 1.29 is 19.4 Å². The average molecular weight is 278 g/mol. The molecule has 0 saturated carbocycles. The van der Waals surface area contributed by atoms with Crippen LogP contribution in [0.15, 0.2) is 18.2 Å². The topological polar surface area (TPSA) is 78.9 Å². The number of hydrogen-bond acceptors (Lipinski definition) is 4. The van der Waals surface area contributed by atoms with Gasteiger partial charge in [-0.15, -0.1) is 0 Å². The molecule has 1 saturated heterocycles. The van der Waals surface area contributed by atoms with Crippen LogP contribution in [-0.4, -0.2) is 48.1 Å². The smallest absolute Gasteiger partial charge is 0.257 e. The number of hydrogen-bond donors (Lipinski definition) is 2. The van der Waals surface area contributed by atoms with Crippen LogP contribution in [0.25, 0.3) is 0 Å². The number of ether oxygens (including phenoxy) is 1. The van der Waals surface area contributed by atoms with E-state index in [2.05, 4.69) is 5.32 Å². The molecule has 0 unspecified atom stereocenters. The number of aromatic hydroxyl groups is 1. The predicted molar refractivity (Wildman–Crippen MR) is 73.8 cm³/mol. The van der Waals surface area contributed by atoms with E-state index >= 15 is 0 Å². The van der Waals surface area contributed by atoms with Gasteiger partial charge in [-0.05, 0) is 24.6 Å². The van der Waals surface area contributed by atoms with Crippen molar-refractivity contribution >= 4 is 17.5 Å². The minimum atomic E-state index is -0.250. The Balaban J connectivity index is 2.21. The molecule has 0 atom stereocenters. The number of phenols is 1. The molecule has 1 aliphatic rings. The molecule has 20 heavy (non-hydrogen) atoms. The highest BCUT2D eigenvalue weighted by Crippen LogP contribution is 2.23. The van der Waals surface area contributed by atoms with Gasteiger partial charge in [0.1, 0.15) is 5.75 Å². The molecule has 2 amide bonds. The van der Waals surface area contributed by atoms with Crippen molar-refractivity contribution in [1.82, 2.24) is 4.90 Å². The van der Waals surface area contributed by atoms with Crippen LogP contribution >= 0.6 is 0 Å². The molecular weight excluding hydrogens is 260 g/mol. The molecule has 1 fully saturated rings. The summed E-state index contributed by atoms with van der Waals surface area (Å²) in [5.74, 6) is -0.563. The summed E-state index contributed by atoms with van der Waals surface area (Å²) in [6.07, 6.45) is 0.776. The molecule has 108 valence electrons. The van der Waals surface area contributed by atoms with E-state index in [0.717, 1.165) is 6.42 Å². The summed E-state index contributed by atoms with van der Waals surface area (Å²) in [4.78, 5) is 25.1. The van der Waals surface area contributed by atoms with Crippen LogP contribution in [0, 0.1) is 0 Å². The molecule has 2 N–H and O–H groups in total. The number of benzene rings is 1. The zero-order chi connectivity index (χ0) is 14.5. The molecule has 1 aromatic rings. The second-order valence-electron chi connectivity index (χ2n) is 4.67. The number of nitrogens with one attached hydrogen (secondary N) is 1. The van der Waals surface area contributed by atoms with Crippen LogP contribution in [0.5, 0.6) is 5.75 Å². The van der Waals surface area contributed by atoms with Crippen LogP contribution < -0.4 is 5.32 Å². The van der Waals surface area contributed by atoms with Gasteiger partial charge in [0.2, 0.25) is 5.91 Å². The molecule has 1 aliphatic heterocycles. The molecule has 0 aromatic heterocycles. The molecule has 2 rings (SSSR count). The van der Waals surface area contributed by atoms with Gasteiger partial charge in [0.15, 0.2) is 0 Å². The third kappa shape index (κ3) is 3.48. The summed E-state index contributed by atoms with van der Waals surface area (Å²) < 4.78 is 5.30. The van der Waals surface area contributed by atoms with E-state index in [4.69, 9.17) is 4.74 Å². The summed E-state index contributed by atoms with van der Waals surface area (Å²) in [6, 6.07) is 4.46. The van der Waals surface area contributed by atoms with Gasteiger partial charge in [-0.2, -0.15) is 0 Å². The Hall–Kier alpha value is -2.08. The first-order valence-electron chi connectivity index (χ1n) is 6.55. The minimum absolute atomic E-state index is 0.0886. The Labute approximate surface area is 117 Å². The van der Waals surface area contributed by atoms with Crippen LogP contribution in [0.4, 0.5) is 5.69 Å². The summed E-state index contributed by atoms with van der Waals surface area (Å²) >= 11 is 0. The van der Waals surface area contributed by atoms with Crippen LogP contribution in [0.1, 0.15) is 23.7 Å². The number of carbonyl (C=O) groups excluding carboxylic acids is 2. The lowest BCUT2D eigenvalue weighted by Crippen LogP contribution is -2.33. The van der Waals surface area contributed by atoms with Gasteiger partial charge in [-0.3, -0.25) is 9.59 Å². The number of anilines is 1.